The van der Waals surface area contributed by atoms with Crippen molar-refractivity contribution in [2.45, 2.75) is 44.8 Å². The van der Waals surface area contributed by atoms with Crippen LogP contribution in [0.3, 0.4) is 0 Å². The Kier molecular flexibility index (Phi) is 4.40. The standard InChI is InChI=1S/C14H19BrN2O/c1-10(16)8-14(18)17(12-6-7-12)9-11-4-2-3-5-13(11)15/h2-5,10,12H,6-9,16H2,1H3. The molecule has 3 nitrogen and oxygen atoms in total. The van der Waals surface area contributed by atoms with Gasteiger partial charge in [0.2, 0.25) is 5.91 Å². The van der Waals surface area contributed by atoms with Crippen molar-refractivity contribution in [1.82, 2.24) is 4.90 Å². The zero-order valence-corrected chi connectivity index (χ0v) is 12.2. The summed E-state index contributed by atoms with van der Waals surface area (Å²) in [6.07, 6.45) is 2.67. The molecule has 18 heavy (non-hydrogen) atoms. The van der Waals surface area contributed by atoms with Crippen LogP contribution < -0.4 is 5.73 Å². The fourth-order valence-electron chi connectivity index (χ4n) is 2.01. The van der Waals surface area contributed by atoms with Crippen LogP contribution in [-0.4, -0.2) is 22.9 Å². The molecule has 0 heterocycles. The third-order valence-electron chi connectivity index (χ3n) is 3.10. The fraction of sp³-hybridized carbons (Fsp3) is 0.500. The summed E-state index contributed by atoms with van der Waals surface area (Å²) >= 11 is 3.53. The summed E-state index contributed by atoms with van der Waals surface area (Å²) in [4.78, 5) is 14.2. The maximum atomic E-state index is 12.2. The van der Waals surface area contributed by atoms with E-state index in [-0.39, 0.29) is 11.9 Å². The van der Waals surface area contributed by atoms with Crippen molar-refractivity contribution in [3.05, 3.63) is 34.3 Å². The number of benzene rings is 1. The van der Waals surface area contributed by atoms with Crippen LogP contribution in [0.5, 0.6) is 0 Å². The van der Waals surface area contributed by atoms with Crippen molar-refractivity contribution in [3.63, 3.8) is 0 Å². The number of carbonyl (C=O) groups excluding carboxylic acids is 1. The van der Waals surface area contributed by atoms with Crippen LogP contribution in [0, 0.1) is 0 Å². The van der Waals surface area contributed by atoms with E-state index in [4.69, 9.17) is 5.73 Å². The van der Waals surface area contributed by atoms with E-state index in [1.807, 2.05) is 30.0 Å². The molecule has 1 aliphatic carbocycles. The molecule has 1 aliphatic rings. The number of rotatable bonds is 5. The molecular formula is C14H19BrN2O. The summed E-state index contributed by atoms with van der Waals surface area (Å²) in [5, 5.41) is 0. The van der Waals surface area contributed by atoms with E-state index in [1.165, 1.54) is 0 Å². The lowest BCUT2D eigenvalue weighted by atomic mass is 10.1. The minimum absolute atomic E-state index is 0.0713. The van der Waals surface area contributed by atoms with Gasteiger partial charge in [-0.2, -0.15) is 0 Å². The highest BCUT2D eigenvalue weighted by molar-refractivity contribution is 9.10. The predicted molar refractivity (Wildman–Crippen MR) is 76.0 cm³/mol. The first-order valence-electron chi connectivity index (χ1n) is 6.36. The molecular weight excluding hydrogens is 292 g/mol. The minimum atomic E-state index is -0.0713. The lowest BCUT2D eigenvalue weighted by Gasteiger charge is -2.24. The normalized spacial score (nSPS) is 16.4. The van der Waals surface area contributed by atoms with E-state index in [2.05, 4.69) is 22.0 Å². The van der Waals surface area contributed by atoms with E-state index in [0.717, 1.165) is 22.9 Å². The summed E-state index contributed by atoms with van der Waals surface area (Å²) in [6.45, 7) is 2.55. The number of halogens is 1. The maximum Gasteiger partial charge on any atom is 0.224 e. The second-order valence-electron chi connectivity index (χ2n) is 5.03. The summed E-state index contributed by atoms with van der Waals surface area (Å²) in [6, 6.07) is 8.40. The zero-order valence-electron chi connectivity index (χ0n) is 10.6. The van der Waals surface area contributed by atoms with E-state index in [9.17, 15) is 4.79 Å². The molecule has 1 unspecified atom stereocenters. The number of amides is 1. The fourth-order valence-corrected chi connectivity index (χ4v) is 2.42. The number of nitrogens with two attached hydrogens (primary N) is 1. The molecule has 4 heteroatoms. The molecule has 0 radical (unpaired) electrons. The molecule has 0 aromatic heterocycles. The molecule has 0 aliphatic heterocycles. The van der Waals surface area contributed by atoms with Crippen LogP contribution in [-0.2, 0) is 11.3 Å². The monoisotopic (exact) mass is 310 g/mol. The van der Waals surface area contributed by atoms with Gasteiger partial charge in [-0.3, -0.25) is 4.79 Å². The number of hydrogen-bond acceptors (Lipinski definition) is 2. The van der Waals surface area contributed by atoms with E-state index < -0.39 is 0 Å². The van der Waals surface area contributed by atoms with E-state index in [0.29, 0.717) is 19.0 Å². The number of hydrogen-bond donors (Lipinski definition) is 1. The van der Waals surface area contributed by atoms with E-state index >= 15 is 0 Å². The van der Waals surface area contributed by atoms with Crippen LogP contribution >= 0.6 is 15.9 Å². The van der Waals surface area contributed by atoms with Gasteiger partial charge in [0.25, 0.3) is 0 Å². The Labute approximate surface area is 116 Å². The average molecular weight is 311 g/mol. The molecule has 1 amide bonds. The van der Waals surface area contributed by atoms with Crippen LogP contribution in [0.4, 0.5) is 0 Å². The number of nitrogens with zero attached hydrogens (tertiary/aromatic N) is 1. The Morgan fingerprint density at radius 2 is 2.17 bits per heavy atom. The molecule has 1 aromatic carbocycles. The van der Waals surface area contributed by atoms with Crippen molar-refractivity contribution >= 4 is 21.8 Å². The van der Waals surface area contributed by atoms with Gasteiger partial charge < -0.3 is 10.6 Å². The van der Waals surface area contributed by atoms with Gasteiger partial charge in [-0.15, -0.1) is 0 Å². The van der Waals surface area contributed by atoms with Crippen molar-refractivity contribution < 1.29 is 4.79 Å². The first-order valence-corrected chi connectivity index (χ1v) is 7.15. The zero-order chi connectivity index (χ0) is 13.1. The first kappa shape index (κ1) is 13.6. The van der Waals surface area contributed by atoms with Gasteiger partial charge in [0, 0.05) is 29.5 Å². The third kappa shape index (κ3) is 3.56. The molecule has 1 fully saturated rings. The van der Waals surface area contributed by atoms with E-state index in [1.54, 1.807) is 0 Å². The molecule has 1 aromatic rings. The Hall–Kier alpha value is -0.870. The van der Waals surface area contributed by atoms with Gasteiger partial charge in [0.1, 0.15) is 0 Å². The molecule has 1 saturated carbocycles. The Balaban J connectivity index is 2.07. The van der Waals surface area contributed by atoms with Crippen LogP contribution in [0.1, 0.15) is 31.7 Å². The highest BCUT2D eigenvalue weighted by Gasteiger charge is 2.32. The van der Waals surface area contributed by atoms with Crippen molar-refractivity contribution in [2.24, 2.45) is 5.73 Å². The van der Waals surface area contributed by atoms with Crippen molar-refractivity contribution in [1.29, 1.82) is 0 Å². The Morgan fingerprint density at radius 1 is 1.50 bits per heavy atom. The second kappa shape index (κ2) is 5.85. The SMILES string of the molecule is CC(N)CC(=O)N(Cc1ccccc1Br)C1CC1. The smallest absolute Gasteiger partial charge is 0.224 e. The van der Waals surface area contributed by atoms with Crippen molar-refractivity contribution in [3.8, 4) is 0 Å². The molecule has 98 valence electrons. The summed E-state index contributed by atoms with van der Waals surface area (Å²) in [5.41, 5.74) is 6.87. The Bertz CT molecular complexity index is 430. The summed E-state index contributed by atoms with van der Waals surface area (Å²) in [7, 11) is 0. The second-order valence-corrected chi connectivity index (χ2v) is 5.88. The molecule has 2 N–H and O–H groups in total. The van der Waals surface area contributed by atoms with Gasteiger partial charge in [-0.25, -0.2) is 0 Å². The highest BCUT2D eigenvalue weighted by Crippen LogP contribution is 2.30. The van der Waals surface area contributed by atoms with Crippen LogP contribution in [0.2, 0.25) is 0 Å². The van der Waals surface area contributed by atoms with Gasteiger partial charge in [-0.05, 0) is 31.4 Å². The Morgan fingerprint density at radius 3 is 2.72 bits per heavy atom. The van der Waals surface area contributed by atoms with Crippen LogP contribution in [0.25, 0.3) is 0 Å². The lowest BCUT2D eigenvalue weighted by molar-refractivity contribution is -0.132. The van der Waals surface area contributed by atoms with Gasteiger partial charge in [0.15, 0.2) is 0 Å². The topological polar surface area (TPSA) is 46.3 Å². The third-order valence-corrected chi connectivity index (χ3v) is 3.88. The molecule has 0 bridgehead atoms. The molecule has 0 saturated heterocycles. The van der Waals surface area contributed by atoms with Gasteiger partial charge >= 0.3 is 0 Å². The average Bonchev–Trinajstić information content (AvgIpc) is 3.11. The summed E-state index contributed by atoms with van der Waals surface area (Å²) < 4.78 is 1.06. The van der Waals surface area contributed by atoms with Crippen molar-refractivity contribution in [2.75, 3.05) is 0 Å². The minimum Gasteiger partial charge on any atom is -0.335 e. The number of carbonyl (C=O) groups is 1. The highest BCUT2D eigenvalue weighted by atomic mass is 79.9. The lowest BCUT2D eigenvalue weighted by Crippen LogP contribution is -2.36. The molecule has 0 spiro atoms. The molecule has 2 rings (SSSR count). The maximum absolute atomic E-state index is 12.2. The van der Waals surface area contributed by atoms with Gasteiger partial charge in [-0.1, -0.05) is 34.1 Å². The first-order chi connectivity index (χ1) is 8.58. The largest absolute Gasteiger partial charge is 0.335 e. The summed E-state index contributed by atoms with van der Waals surface area (Å²) in [5.74, 6) is 0.170. The molecule has 1 atom stereocenters. The predicted octanol–water partition coefficient (Wildman–Crippen LogP) is 2.68. The van der Waals surface area contributed by atoms with Gasteiger partial charge in [0.05, 0.1) is 0 Å². The van der Waals surface area contributed by atoms with Crippen LogP contribution in [0.15, 0.2) is 28.7 Å². The quantitative estimate of drug-likeness (QED) is 0.909.